The zero-order chi connectivity index (χ0) is 14.7. The van der Waals surface area contributed by atoms with E-state index in [1.165, 1.54) is 11.1 Å². The molecule has 0 atom stereocenters. The first-order valence-corrected chi connectivity index (χ1v) is 6.40. The van der Waals surface area contributed by atoms with E-state index >= 15 is 0 Å². The standard InChI is InChI=1S/C16H19N3O/c1-6-19-16(17-4)15(13(18-19)10-20-5)14-11(2)8-7-9-12(14)3/h6-9H,1,4,10H2,2-3,5H3. The van der Waals surface area contributed by atoms with Crippen LogP contribution in [0.1, 0.15) is 16.8 Å². The molecule has 1 heterocycles. The molecule has 0 aliphatic rings. The zero-order valence-electron chi connectivity index (χ0n) is 12.2. The molecule has 0 aliphatic carbocycles. The number of aliphatic imine (C=N–C) groups is 1. The van der Waals surface area contributed by atoms with Crippen molar-refractivity contribution in [2.45, 2.75) is 20.5 Å². The van der Waals surface area contributed by atoms with Crippen LogP contribution in [0.25, 0.3) is 17.3 Å². The molecule has 0 radical (unpaired) electrons. The maximum Gasteiger partial charge on any atom is 0.162 e. The first kappa shape index (κ1) is 14.2. The molecule has 4 heteroatoms. The topological polar surface area (TPSA) is 39.4 Å². The number of nitrogens with zero attached hydrogens (tertiary/aromatic N) is 3. The summed E-state index contributed by atoms with van der Waals surface area (Å²) >= 11 is 0. The molecule has 1 aromatic carbocycles. The van der Waals surface area contributed by atoms with Gasteiger partial charge in [0.05, 0.1) is 17.9 Å². The van der Waals surface area contributed by atoms with Crippen molar-refractivity contribution < 1.29 is 4.74 Å². The maximum atomic E-state index is 5.25. The molecule has 104 valence electrons. The summed E-state index contributed by atoms with van der Waals surface area (Å²) < 4.78 is 6.90. The average molecular weight is 269 g/mol. The van der Waals surface area contributed by atoms with E-state index in [1.54, 1.807) is 18.0 Å². The summed E-state index contributed by atoms with van der Waals surface area (Å²) in [4.78, 5) is 4.13. The van der Waals surface area contributed by atoms with E-state index in [9.17, 15) is 0 Å². The van der Waals surface area contributed by atoms with Gasteiger partial charge in [0.15, 0.2) is 5.82 Å². The van der Waals surface area contributed by atoms with Crippen molar-refractivity contribution in [3.63, 3.8) is 0 Å². The predicted molar refractivity (Wildman–Crippen MR) is 83.4 cm³/mol. The monoisotopic (exact) mass is 269 g/mol. The Morgan fingerprint density at radius 1 is 1.30 bits per heavy atom. The molecule has 2 rings (SSSR count). The normalized spacial score (nSPS) is 10.6. The van der Waals surface area contributed by atoms with Gasteiger partial charge in [0.1, 0.15) is 0 Å². The zero-order valence-corrected chi connectivity index (χ0v) is 12.2. The number of benzene rings is 1. The van der Waals surface area contributed by atoms with Gasteiger partial charge in [0.25, 0.3) is 0 Å². The Hall–Kier alpha value is -2.20. The van der Waals surface area contributed by atoms with Crippen molar-refractivity contribution in [3.05, 3.63) is 41.6 Å². The van der Waals surface area contributed by atoms with Crippen LogP contribution in [0.2, 0.25) is 0 Å². The summed E-state index contributed by atoms with van der Waals surface area (Å²) in [6.07, 6.45) is 1.63. The quantitative estimate of drug-likeness (QED) is 0.775. The highest BCUT2D eigenvalue weighted by molar-refractivity contribution is 5.82. The van der Waals surface area contributed by atoms with Gasteiger partial charge in [-0.25, -0.2) is 9.67 Å². The highest BCUT2D eigenvalue weighted by Gasteiger charge is 2.20. The van der Waals surface area contributed by atoms with Crippen LogP contribution in [0.5, 0.6) is 0 Å². The second kappa shape index (κ2) is 5.84. The van der Waals surface area contributed by atoms with Gasteiger partial charge in [0.2, 0.25) is 0 Å². The number of rotatable bonds is 5. The minimum atomic E-state index is 0.423. The van der Waals surface area contributed by atoms with E-state index in [0.717, 1.165) is 16.8 Å². The summed E-state index contributed by atoms with van der Waals surface area (Å²) in [5.74, 6) is 0.699. The van der Waals surface area contributed by atoms with Gasteiger partial charge in [0, 0.05) is 13.3 Å². The number of methoxy groups -OCH3 is 1. The molecule has 0 saturated carbocycles. The fourth-order valence-corrected chi connectivity index (χ4v) is 2.45. The lowest BCUT2D eigenvalue weighted by molar-refractivity contribution is 0.181. The van der Waals surface area contributed by atoms with Crippen LogP contribution in [-0.4, -0.2) is 23.6 Å². The molecule has 0 N–H and O–H groups in total. The second-order valence-electron chi connectivity index (χ2n) is 4.63. The first-order valence-electron chi connectivity index (χ1n) is 6.40. The van der Waals surface area contributed by atoms with Crippen LogP contribution < -0.4 is 0 Å². The number of hydrogen-bond donors (Lipinski definition) is 0. The van der Waals surface area contributed by atoms with Crippen molar-refractivity contribution in [2.24, 2.45) is 4.99 Å². The van der Waals surface area contributed by atoms with E-state index in [1.807, 2.05) is 6.07 Å². The van der Waals surface area contributed by atoms with E-state index in [-0.39, 0.29) is 0 Å². The predicted octanol–water partition coefficient (Wildman–Crippen LogP) is 3.75. The van der Waals surface area contributed by atoms with Crippen LogP contribution in [-0.2, 0) is 11.3 Å². The third kappa shape index (κ3) is 2.30. The lowest BCUT2D eigenvalue weighted by atomic mass is 9.95. The largest absolute Gasteiger partial charge is 0.378 e. The third-order valence-corrected chi connectivity index (χ3v) is 3.29. The summed E-state index contributed by atoms with van der Waals surface area (Å²) in [5.41, 5.74) is 5.30. The number of aryl methyl sites for hydroxylation is 2. The molecule has 1 aromatic heterocycles. The molecule has 0 spiro atoms. The fraction of sp³-hybridized carbons (Fsp3) is 0.250. The Morgan fingerprint density at radius 2 is 1.95 bits per heavy atom. The maximum absolute atomic E-state index is 5.25. The van der Waals surface area contributed by atoms with Gasteiger partial charge in [-0.15, -0.1) is 0 Å². The molecule has 2 aromatic rings. The summed E-state index contributed by atoms with van der Waals surface area (Å²) in [6.45, 7) is 12.0. The molecule has 0 saturated heterocycles. The summed E-state index contributed by atoms with van der Waals surface area (Å²) in [6, 6.07) is 6.21. The van der Waals surface area contributed by atoms with E-state index in [4.69, 9.17) is 4.74 Å². The Kier molecular flexibility index (Phi) is 4.15. The molecule has 0 fully saturated rings. The van der Waals surface area contributed by atoms with Gasteiger partial charge in [-0.1, -0.05) is 24.8 Å². The second-order valence-corrected chi connectivity index (χ2v) is 4.63. The van der Waals surface area contributed by atoms with Crippen LogP contribution in [0, 0.1) is 13.8 Å². The van der Waals surface area contributed by atoms with Crippen molar-refractivity contribution in [3.8, 4) is 11.1 Å². The minimum Gasteiger partial charge on any atom is -0.378 e. The Morgan fingerprint density at radius 3 is 2.45 bits per heavy atom. The van der Waals surface area contributed by atoms with Gasteiger partial charge in [-0.3, -0.25) is 0 Å². The van der Waals surface area contributed by atoms with Gasteiger partial charge in [-0.2, -0.15) is 5.10 Å². The van der Waals surface area contributed by atoms with Crippen molar-refractivity contribution in [1.82, 2.24) is 9.78 Å². The molecule has 20 heavy (non-hydrogen) atoms. The van der Waals surface area contributed by atoms with Crippen molar-refractivity contribution in [1.29, 1.82) is 0 Å². The van der Waals surface area contributed by atoms with E-state index < -0.39 is 0 Å². The number of hydrogen-bond acceptors (Lipinski definition) is 3. The minimum absolute atomic E-state index is 0.423. The van der Waals surface area contributed by atoms with E-state index in [0.29, 0.717) is 12.4 Å². The molecule has 0 unspecified atom stereocenters. The molecule has 0 aliphatic heterocycles. The van der Waals surface area contributed by atoms with Crippen LogP contribution in [0.4, 0.5) is 5.82 Å². The summed E-state index contributed by atoms with van der Waals surface area (Å²) in [7, 11) is 1.66. The lowest BCUT2D eigenvalue weighted by Gasteiger charge is -2.10. The molecular weight excluding hydrogens is 250 g/mol. The van der Waals surface area contributed by atoms with Gasteiger partial charge < -0.3 is 4.74 Å². The molecule has 0 amide bonds. The highest BCUT2D eigenvalue weighted by atomic mass is 16.5. The number of ether oxygens (including phenoxy) is 1. The number of aromatic nitrogens is 2. The van der Waals surface area contributed by atoms with Crippen molar-refractivity contribution in [2.75, 3.05) is 7.11 Å². The van der Waals surface area contributed by atoms with Crippen molar-refractivity contribution >= 4 is 18.7 Å². The molecule has 0 bridgehead atoms. The van der Waals surface area contributed by atoms with Crippen LogP contribution in [0.3, 0.4) is 0 Å². The fourth-order valence-electron chi connectivity index (χ4n) is 2.45. The van der Waals surface area contributed by atoms with Crippen LogP contribution >= 0.6 is 0 Å². The van der Waals surface area contributed by atoms with E-state index in [2.05, 4.69) is 49.4 Å². The smallest absolute Gasteiger partial charge is 0.162 e. The third-order valence-electron chi connectivity index (χ3n) is 3.29. The first-order chi connectivity index (χ1) is 9.63. The molecular formula is C16H19N3O. The average Bonchev–Trinajstić information content (AvgIpc) is 2.77. The molecule has 4 nitrogen and oxygen atoms in total. The Balaban J connectivity index is 2.80. The Bertz CT molecular complexity index is 636. The summed E-state index contributed by atoms with van der Waals surface area (Å²) in [5, 5.41) is 4.49. The Labute approximate surface area is 119 Å². The van der Waals surface area contributed by atoms with Crippen LogP contribution in [0.15, 0.2) is 29.8 Å². The van der Waals surface area contributed by atoms with Gasteiger partial charge >= 0.3 is 0 Å². The lowest BCUT2D eigenvalue weighted by Crippen LogP contribution is -1.94. The highest BCUT2D eigenvalue weighted by Crippen LogP contribution is 2.38. The van der Waals surface area contributed by atoms with Gasteiger partial charge in [-0.05, 0) is 37.3 Å². The SMILES string of the molecule is C=Cn1nc(COC)c(-c2c(C)cccc2C)c1N=C.